The Kier molecular flexibility index (Phi) is 6.28. The van der Waals surface area contributed by atoms with Crippen LogP contribution in [0.2, 0.25) is 0 Å². The molecular weight excluding hydrogens is 346 g/mol. The van der Waals surface area contributed by atoms with Crippen molar-refractivity contribution < 1.29 is 14.3 Å². The van der Waals surface area contributed by atoms with Crippen LogP contribution in [0.15, 0.2) is 72.1 Å². The van der Waals surface area contributed by atoms with Gasteiger partial charge in [0.2, 0.25) is 0 Å². The first-order valence-electron chi connectivity index (χ1n) is 8.36. The maximum absolute atomic E-state index is 12.1. The second kappa shape index (κ2) is 9.06. The van der Waals surface area contributed by atoms with Crippen LogP contribution >= 0.6 is 11.3 Å². The molecule has 0 bridgehead atoms. The van der Waals surface area contributed by atoms with E-state index in [1.54, 1.807) is 23.3 Å². The van der Waals surface area contributed by atoms with Crippen LogP contribution < -0.4 is 9.47 Å². The molecule has 1 aromatic heterocycles. The SMILES string of the molecule is CN(Cc1cccs1)C(=O)COc1ccc(OCc2ccccc2)cc1. The molecule has 0 saturated carbocycles. The summed E-state index contributed by atoms with van der Waals surface area (Å²) >= 11 is 1.64. The van der Waals surface area contributed by atoms with E-state index in [4.69, 9.17) is 9.47 Å². The van der Waals surface area contributed by atoms with Crippen LogP contribution in [-0.2, 0) is 17.9 Å². The van der Waals surface area contributed by atoms with Crippen molar-refractivity contribution in [2.45, 2.75) is 13.2 Å². The van der Waals surface area contributed by atoms with Gasteiger partial charge in [-0.25, -0.2) is 0 Å². The number of ether oxygens (including phenoxy) is 2. The van der Waals surface area contributed by atoms with Crippen LogP contribution in [0.5, 0.6) is 11.5 Å². The summed E-state index contributed by atoms with van der Waals surface area (Å²) in [5, 5.41) is 2.01. The number of rotatable bonds is 8. The van der Waals surface area contributed by atoms with Gasteiger partial charge < -0.3 is 14.4 Å². The lowest BCUT2D eigenvalue weighted by Gasteiger charge is -2.16. The third-order valence-electron chi connectivity index (χ3n) is 3.83. The smallest absolute Gasteiger partial charge is 0.260 e. The number of amides is 1. The van der Waals surface area contributed by atoms with Gasteiger partial charge in [-0.2, -0.15) is 0 Å². The van der Waals surface area contributed by atoms with Crippen LogP contribution in [-0.4, -0.2) is 24.5 Å². The van der Waals surface area contributed by atoms with E-state index in [9.17, 15) is 4.79 Å². The molecule has 0 aliphatic heterocycles. The summed E-state index contributed by atoms with van der Waals surface area (Å²) in [6.07, 6.45) is 0. The molecule has 2 aromatic carbocycles. The van der Waals surface area contributed by atoms with Gasteiger partial charge >= 0.3 is 0 Å². The van der Waals surface area contributed by atoms with Crippen molar-refractivity contribution in [3.63, 3.8) is 0 Å². The first kappa shape index (κ1) is 18.0. The van der Waals surface area contributed by atoms with Crippen LogP contribution in [0.25, 0.3) is 0 Å². The van der Waals surface area contributed by atoms with Gasteiger partial charge in [-0.15, -0.1) is 11.3 Å². The average Bonchev–Trinajstić information content (AvgIpc) is 3.19. The van der Waals surface area contributed by atoms with E-state index in [-0.39, 0.29) is 12.5 Å². The second-order valence-electron chi connectivity index (χ2n) is 5.86. The first-order valence-corrected chi connectivity index (χ1v) is 9.24. The highest BCUT2D eigenvalue weighted by Gasteiger charge is 2.10. The minimum absolute atomic E-state index is 0.0199. The number of likely N-dealkylation sites (N-methyl/N-ethyl adjacent to an activating group) is 1. The lowest BCUT2D eigenvalue weighted by molar-refractivity contribution is -0.132. The zero-order valence-corrected chi connectivity index (χ0v) is 15.4. The van der Waals surface area contributed by atoms with E-state index in [1.165, 1.54) is 0 Å². The van der Waals surface area contributed by atoms with Crippen molar-refractivity contribution >= 4 is 17.2 Å². The Labute approximate surface area is 157 Å². The molecule has 134 valence electrons. The topological polar surface area (TPSA) is 38.8 Å². The fourth-order valence-electron chi connectivity index (χ4n) is 2.35. The molecule has 0 radical (unpaired) electrons. The molecule has 3 rings (SSSR count). The van der Waals surface area contributed by atoms with Crippen LogP contribution in [0.3, 0.4) is 0 Å². The zero-order valence-electron chi connectivity index (χ0n) is 14.6. The maximum atomic E-state index is 12.1. The molecule has 0 saturated heterocycles. The summed E-state index contributed by atoms with van der Waals surface area (Å²) in [5.41, 5.74) is 1.12. The summed E-state index contributed by atoms with van der Waals surface area (Å²) in [5.74, 6) is 1.36. The molecule has 4 nitrogen and oxygen atoms in total. The standard InChI is InChI=1S/C21H21NO3S/c1-22(14-20-8-5-13-26-20)21(23)16-25-19-11-9-18(10-12-19)24-15-17-6-3-2-4-7-17/h2-13H,14-16H2,1H3. The molecule has 5 heteroatoms. The highest BCUT2D eigenvalue weighted by molar-refractivity contribution is 7.09. The molecule has 26 heavy (non-hydrogen) atoms. The Morgan fingerprint density at radius 1 is 0.923 bits per heavy atom. The minimum Gasteiger partial charge on any atom is -0.489 e. The lowest BCUT2D eigenvalue weighted by Crippen LogP contribution is -2.30. The minimum atomic E-state index is -0.0530. The maximum Gasteiger partial charge on any atom is 0.260 e. The molecule has 0 atom stereocenters. The van der Waals surface area contributed by atoms with Gasteiger partial charge in [-0.3, -0.25) is 4.79 Å². The van der Waals surface area contributed by atoms with Crippen LogP contribution in [0, 0.1) is 0 Å². The number of thiophene rings is 1. The van der Waals surface area contributed by atoms with Crippen molar-refractivity contribution in [1.82, 2.24) is 4.90 Å². The van der Waals surface area contributed by atoms with Crippen molar-refractivity contribution in [1.29, 1.82) is 0 Å². The largest absolute Gasteiger partial charge is 0.489 e. The molecule has 0 aliphatic carbocycles. The predicted octanol–water partition coefficient (Wildman–Crippen LogP) is 4.36. The van der Waals surface area contributed by atoms with E-state index in [1.807, 2.05) is 72.1 Å². The van der Waals surface area contributed by atoms with Crippen molar-refractivity contribution in [3.8, 4) is 11.5 Å². The first-order chi connectivity index (χ1) is 12.7. The van der Waals surface area contributed by atoms with E-state index in [0.29, 0.717) is 18.9 Å². The van der Waals surface area contributed by atoms with Gasteiger partial charge in [0.15, 0.2) is 6.61 Å². The fraction of sp³-hybridized carbons (Fsp3) is 0.190. The van der Waals surface area contributed by atoms with E-state index < -0.39 is 0 Å². The third kappa shape index (κ3) is 5.36. The number of nitrogens with zero attached hydrogens (tertiary/aromatic N) is 1. The van der Waals surface area contributed by atoms with Gasteiger partial charge in [-0.1, -0.05) is 36.4 Å². The number of hydrogen-bond donors (Lipinski definition) is 0. The van der Waals surface area contributed by atoms with Gasteiger partial charge in [0.05, 0.1) is 6.54 Å². The monoisotopic (exact) mass is 367 g/mol. The molecule has 3 aromatic rings. The zero-order chi connectivity index (χ0) is 18.2. The molecule has 1 amide bonds. The second-order valence-corrected chi connectivity index (χ2v) is 6.90. The van der Waals surface area contributed by atoms with Gasteiger partial charge in [-0.05, 0) is 41.3 Å². The van der Waals surface area contributed by atoms with Crippen molar-refractivity contribution in [3.05, 3.63) is 82.6 Å². The lowest BCUT2D eigenvalue weighted by atomic mass is 10.2. The summed E-state index contributed by atoms with van der Waals surface area (Å²) in [6, 6.07) is 21.3. The van der Waals surface area contributed by atoms with Crippen molar-refractivity contribution in [2.75, 3.05) is 13.7 Å². The molecule has 0 spiro atoms. The molecule has 1 heterocycles. The van der Waals surface area contributed by atoms with Gasteiger partial charge in [0.1, 0.15) is 18.1 Å². The van der Waals surface area contributed by atoms with Crippen molar-refractivity contribution in [2.24, 2.45) is 0 Å². The van der Waals surface area contributed by atoms with E-state index in [2.05, 4.69) is 0 Å². The molecule has 0 N–H and O–H groups in total. The summed E-state index contributed by atoms with van der Waals surface area (Å²) in [6.45, 7) is 1.14. The molecule has 0 unspecified atom stereocenters. The predicted molar refractivity (Wildman–Crippen MR) is 104 cm³/mol. The summed E-state index contributed by atoms with van der Waals surface area (Å²) < 4.78 is 11.3. The number of carbonyl (C=O) groups excluding carboxylic acids is 1. The molecule has 0 aliphatic rings. The Morgan fingerprint density at radius 2 is 1.62 bits per heavy atom. The quantitative estimate of drug-likeness (QED) is 0.594. The number of hydrogen-bond acceptors (Lipinski definition) is 4. The molecule has 0 fully saturated rings. The summed E-state index contributed by atoms with van der Waals surface area (Å²) in [4.78, 5) is 15.0. The number of carbonyl (C=O) groups is 1. The Balaban J connectivity index is 1.44. The van der Waals surface area contributed by atoms with E-state index in [0.717, 1.165) is 16.2 Å². The average molecular weight is 367 g/mol. The summed E-state index contributed by atoms with van der Waals surface area (Å²) in [7, 11) is 1.78. The molecular formula is C21H21NO3S. The number of benzene rings is 2. The van der Waals surface area contributed by atoms with E-state index >= 15 is 0 Å². The van der Waals surface area contributed by atoms with Crippen LogP contribution in [0.1, 0.15) is 10.4 Å². The highest BCUT2D eigenvalue weighted by Crippen LogP contribution is 2.19. The fourth-order valence-corrected chi connectivity index (χ4v) is 3.11. The highest BCUT2D eigenvalue weighted by atomic mass is 32.1. The Morgan fingerprint density at radius 3 is 2.27 bits per heavy atom. The van der Waals surface area contributed by atoms with Gasteiger partial charge in [0, 0.05) is 11.9 Å². The third-order valence-corrected chi connectivity index (χ3v) is 4.69. The van der Waals surface area contributed by atoms with Crippen LogP contribution in [0.4, 0.5) is 0 Å². The Bertz CT molecular complexity index is 801. The van der Waals surface area contributed by atoms with Gasteiger partial charge in [0.25, 0.3) is 5.91 Å². The Hall–Kier alpha value is -2.79. The normalized spacial score (nSPS) is 10.3.